The van der Waals surface area contributed by atoms with Crippen LogP contribution in [0.5, 0.6) is 0 Å². The molecular weight excluding hydrogens is 957 g/mol. The summed E-state index contributed by atoms with van der Waals surface area (Å²) in [6, 6.07) is 89.6. The van der Waals surface area contributed by atoms with E-state index in [1.54, 1.807) is 0 Å². The van der Waals surface area contributed by atoms with Gasteiger partial charge in [0.2, 0.25) is 0 Å². The summed E-state index contributed by atoms with van der Waals surface area (Å²) in [5.74, 6) is 3.83. The molecule has 0 N–H and O–H groups in total. The molecule has 0 bridgehead atoms. The molecule has 0 spiro atoms. The molecule has 12 aromatic carbocycles. The normalized spacial score (nSPS) is 11.6. The molecule has 7 heteroatoms. The van der Waals surface area contributed by atoms with Gasteiger partial charge in [0.25, 0.3) is 0 Å². The van der Waals surface area contributed by atoms with Gasteiger partial charge in [-0.15, -0.1) is 11.3 Å². The maximum atomic E-state index is 5.25. The van der Waals surface area contributed by atoms with Crippen molar-refractivity contribution in [2.45, 2.75) is 0 Å². The number of thiophene rings is 1. The topological polar surface area (TPSA) is 77.3 Å². The van der Waals surface area contributed by atoms with Crippen LogP contribution in [0.1, 0.15) is 0 Å². The van der Waals surface area contributed by atoms with E-state index >= 15 is 0 Å². The molecule has 77 heavy (non-hydrogen) atoms. The minimum Gasteiger partial charge on any atom is -0.208 e. The second-order valence-corrected chi connectivity index (χ2v) is 20.4. The van der Waals surface area contributed by atoms with E-state index in [0.29, 0.717) is 34.9 Å². The SMILES string of the molecule is c1ccc(-c2nc(-c3ccccc3)nc(-c3c4ccccc4c(-c4ccc5c(c4)sc4ccc(-c6c7ccccc7c(-c7nc(-c8ccccc8)nc(-c8ccccc8)n7)c7ccccc67)cc45)c4ccccc34)n2)cc1. The number of benzene rings is 12. The zero-order valence-electron chi connectivity index (χ0n) is 41.3. The molecule has 0 aliphatic rings. The van der Waals surface area contributed by atoms with E-state index in [2.05, 4.69) is 182 Å². The third-order valence-corrected chi connectivity index (χ3v) is 15.9. The highest BCUT2D eigenvalue weighted by Gasteiger charge is 2.24. The Morgan fingerprint density at radius 1 is 0.182 bits per heavy atom. The first-order valence-electron chi connectivity index (χ1n) is 25.8. The van der Waals surface area contributed by atoms with Gasteiger partial charge in [0, 0.05) is 53.6 Å². The molecule has 15 aromatic rings. The second kappa shape index (κ2) is 18.4. The van der Waals surface area contributed by atoms with Crippen LogP contribution in [-0.4, -0.2) is 29.9 Å². The van der Waals surface area contributed by atoms with Gasteiger partial charge in [0.05, 0.1) is 0 Å². The average molecular weight is 999 g/mol. The zero-order chi connectivity index (χ0) is 50.8. The van der Waals surface area contributed by atoms with E-state index in [-0.39, 0.29) is 0 Å². The highest BCUT2D eigenvalue weighted by atomic mass is 32.1. The Balaban J connectivity index is 0.887. The predicted octanol–water partition coefficient (Wildman–Crippen LogP) is 18.4. The first-order chi connectivity index (χ1) is 38.2. The van der Waals surface area contributed by atoms with Crippen LogP contribution < -0.4 is 0 Å². The lowest BCUT2D eigenvalue weighted by molar-refractivity contribution is 1.08. The molecule has 0 atom stereocenters. The van der Waals surface area contributed by atoms with Crippen LogP contribution in [0.4, 0.5) is 0 Å². The van der Waals surface area contributed by atoms with Crippen molar-refractivity contribution in [3.05, 3.63) is 255 Å². The van der Waals surface area contributed by atoms with Crippen LogP contribution in [0.25, 0.3) is 154 Å². The number of aromatic nitrogens is 6. The number of hydrogen-bond acceptors (Lipinski definition) is 7. The average Bonchev–Trinajstić information content (AvgIpc) is 3.92. The van der Waals surface area contributed by atoms with Gasteiger partial charge in [-0.25, -0.2) is 29.9 Å². The Morgan fingerprint density at radius 3 is 0.818 bits per heavy atom. The maximum absolute atomic E-state index is 5.25. The van der Waals surface area contributed by atoms with Crippen LogP contribution >= 0.6 is 11.3 Å². The minimum atomic E-state index is 0.637. The summed E-state index contributed by atoms with van der Waals surface area (Å²) in [7, 11) is 0. The fourth-order valence-electron chi connectivity index (χ4n) is 11.3. The molecule has 0 radical (unpaired) electrons. The number of rotatable bonds is 8. The van der Waals surface area contributed by atoms with E-state index in [1.807, 2.05) is 84.1 Å². The minimum absolute atomic E-state index is 0.637. The lowest BCUT2D eigenvalue weighted by atomic mass is 9.87. The van der Waals surface area contributed by atoms with Gasteiger partial charge in [-0.2, -0.15) is 0 Å². The van der Waals surface area contributed by atoms with Crippen molar-refractivity contribution in [1.29, 1.82) is 0 Å². The van der Waals surface area contributed by atoms with Crippen LogP contribution in [0.2, 0.25) is 0 Å². The smallest absolute Gasteiger partial charge is 0.165 e. The third kappa shape index (κ3) is 7.63. The number of hydrogen-bond donors (Lipinski definition) is 0. The molecule has 0 fully saturated rings. The molecule has 358 valence electrons. The molecular formula is C70H42N6S. The Bertz CT molecular complexity index is 4560. The van der Waals surface area contributed by atoms with Gasteiger partial charge < -0.3 is 0 Å². The standard InChI is InChI=1S/C70H42N6S/c1-5-21-43(22-6-1)65-71-66(44-23-7-2-8-24-44)74-69(73-65)63-54-33-17-13-29-50(54)61(51-30-14-18-34-55(51)63)47-38-40-59-58(41-47)49-39-37-48(42-60(49)77-59)62-52-31-15-19-35-56(52)64(57-36-20-16-32-53(57)62)70-75-67(45-25-9-3-10-26-45)72-68(76-70)46-27-11-4-12-28-46/h1-42H. The molecule has 15 rings (SSSR count). The van der Waals surface area contributed by atoms with Crippen molar-refractivity contribution >= 4 is 74.6 Å². The number of nitrogens with zero attached hydrogens (tertiary/aromatic N) is 6. The summed E-state index contributed by atoms with van der Waals surface area (Å²) < 4.78 is 2.47. The van der Waals surface area contributed by atoms with Gasteiger partial charge in [-0.05, 0) is 83.5 Å². The fourth-order valence-corrected chi connectivity index (χ4v) is 12.4. The van der Waals surface area contributed by atoms with Gasteiger partial charge in [0.15, 0.2) is 34.9 Å². The first-order valence-corrected chi connectivity index (χ1v) is 26.6. The van der Waals surface area contributed by atoms with E-state index in [9.17, 15) is 0 Å². The van der Waals surface area contributed by atoms with Crippen molar-refractivity contribution in [3.63, 3.8) is 0 Å². The van der Waals surface area contributed by atoms with Crippen LogP contribution in [-0.2, 0) is 0 Å². The Labute approximate surface area is 447 Å². The lowest BCUT2D eigenvalue weighted by Gasteiger charge is -2.18. The summed E-state index contributed by atoms with van der Waals surface area (Å²) >= 11 is 1.84. The van der Waals surface area contributed by atoms with Crippen molar-refractivity contribution < 1.29 is 0 Å². The monoisotopic (exact) mass is 998 g/mol. The van der Waals surface area contributed by atoms with Gasteiger partial charge in [0.1, 0.15) is 0 Å². The summed E-state index contributed by atoms with van der Waals surface area (Å²) in [4.78, 5) is 31.1. The first kappa shape index (κ1) is 44.4. The van der Waals surface area contributed by atoms with Gasteiger partial charge >= 0.3 is 0 Å². The molecule has 0 amide bonds. The van der Waals surface area contributed by atoms with Gasteiger partial charge in [-0.3, -0.25) is 0 Å². The molecule has 3 heterocycles. The van der Waals surface area contributed by atoms with E-state index < -0.39 is 0 Å². The molecule has 0 saturated heterocycles. The summed E-state index contributed by atoms with van der Waals surface area (Å²) in [6.07, 6.45) is 0. The third-order valence-electron chi connectivity index (χ3n) is 14.8. The second-order valence-electron chi connectivity index (χ2n) is 19.3. The molecule has 0 saturated carbocycles. The largest absolute Gasteiger partial charge is 0.208 e. The Morgan fingerprint density at radius 2 is 0.468 bits per heavy atom. The molecule has 0 unspecified atom stereocenters. The molecule has 3 aromatic heterocycles. The van der Waals surface area contributed by atoms with Crippen molar-refractivity contribution in [2.75, 3.05) is 0 Å². The molecule has 6 nitrogen and oxygen atoms in total. The Hall–Kier alpha value is -10.1. The van der Waals surface area contributed by atoms with Crippen molar-refractivity contribution in [3.8, 4) is 90.6 Å². The van der Waals surface area contributed by atoms with E-state index in [0.717, 1.165) is 87.6 Å². The molecule has 0 aliphatic carbocycles. The van der Waals surface area contributed by atoms with Crippen LogP contribution in [0.3, 0.4) is 0 Å². The van der Waals surface area contributed by atoms with Crippen molar-refractivity contribution in [1.82, 2.24) is 29.9 Å². The van der Waals surface area contributed by atoms with E-state index in [4.69, 9.17) is 29.9 Å². The van der Waals surface area contributed by atoms with Crippen LogP contribution in [0, 0.1) is 0 Å². The summed E-state index contributed by atoms with van der Waals surface area (Å²) in [6.45, 7) is 0. The van der Waals surface area contributed by atoms with Gasteiger partial charge in [-0.1, -0.05) is 237 Å². The quantitative estimate of drug-likeness (QED) is 0.141. The fraction of sp³-hybridized carbons (Fsp3) is 0. The highest BCUT2D eigenvalue weighted by Crippen LogP contribution is 2.48. The zero-order valence-corrected chi connectivity index (χ0v) is 42.2. The van der Waals surface area contributed by atoms with Crippen LogP contribution in [0.15, 0.2) is 255 Å². The summed E-state index contributed by atoms with van der Waals surface area (Å²) in [5.41, 5.74) is 10.4. The predicted molar refractivity (Wildman–Crippen MR) is 320 cm³/mol. The lowest BCUT2D eigenvalue weighted by Crippen LogP contribution is -2.01. The number of fused-ring (bicyclic) bond motifs is 7. The van der Waals surface area contributed by atoms with E-state index in [1.165, 1.54) is 31.3 Å². The molecule has 0 aliphatic heterocycles. The summed E-state index contributed by atoms with van der Waals surface area (Å²) in [5, 5.41) is 11.3. The highest BCUT2D eigenvalue weighted by molar-refractivity contribution is 7.25. The Kier molecular flexibility index (Phi) is 10.6. The maximum Gasteiger partial charge on any atom is 0.165 e. The van der Waals surface area contributed by atoms with Crippen molar-refractivity contribution in [2.24, 2.45) is 0 Å².